The van der Waals surface area contributed by atoms with Crippen molar-refractivity contribution in [1.82, 2.24) is 10.6 Å². The molecular formula is C20H29N3O4. The summed E-state index contributed by atoms with van der Waals surface area (Å²) in [7, 11) is 0. The molecule has 7 heteroatoms. The molecule has 0 saturated heterocycles. The van der Waals surface area contributed by atoms with E-state index in [2.05, 4.69) is 16.0 Å². The predicted molar refractivity (Wildman–Crippen MR) is 104 cm³/mol. The van der Waals surface area contributed by atoms with E-state index >= 15 is 0 Å². The Kier molecular flexibility index (Phi) is 8.61. The number of hydrogen-bond acceptors (Lipinski definition) is 3. The maximum atomic E-state index is 11.9. The van der Waals surface area contributed by atoms with Crippen LogP contribution in [0.1, 0.15) is 68.1 Å². The zero-order chi connectivity index (χ0) is 19.5. The number of amides is 3. The van der Waals surface area contributed by atoms with E-state index in [-0.39, 0.29) is 17.5 Å². The summed E-state index contributed by atoms with van der Waals surface area (Å²) in [5.74, 6) is -1.09. The molecule has 0 heterocycles. The Hall–Kier alpha value is -2.57. The van der Waals surface area contributed by atoms with Gasteiger partial charge in [-0.05, 0) is 49.9 Å². The maximum absolute atomic E-state index is 11.9. The lowest BCUT2D eigenvalue weighted by molar-refractivity contribution is -0.116. The molecule has 1 aliphatic rings. The van der Waals surface area contributed by atoms with Gasteiger partial charge in [-0.15, -0.1) is 0 Å². The highest BCUT2D eigenvalue weighted by Gasteiger charge is 2.15. The molecule has 0 aliphatic heterocycles. The second-order valence-corrected chi connectivity index (χ2v) is 6.98. The number of carboxylic acid groups (broad SMARTS) is 1. The van der Waals surface area contributed by atoms with Gasteiger partial charge in [0.25, 0.3) is 0 Å². The number of rotatable bonds is 9. The van der Waals surface area contributed by atoms with Gasteiger partial charge in [0, 0.05) is 24.7 Å². The second kappa shape index (κ2) is 11.2. The molecule has 0 radical (unpaired) electrons. The van der Waals surface area contributed by atoms with Gasteiger partial charge in [-0.2, -0.15) is 0 Å². The number of hydrogen-bond donors (Lipinski definition) is 4. The van der Waals surface area contributed by atoms with Crippen LogP contribution in [-0.4, -0.2) is 35.6 Å². The fourth-order valence-corrected chi connectivity index (χ4v) is 3.19. The van der Waals surface area contributed by atoms with Crippen LogP contribution in [0.15, 0.2) is 24.3 Å². The Morgan fingerprint density at radius 2 is 1.67 bits per heavy atom. The van der Waals surface area contributed by atoms with Gasteiger partial charge in [0.1, 0.15) is 0 Å². The van der Waals surface area contributed by atoms with E-state index in [9.17, 15) is 14.4 Å². The largest absolute Gasteiger partial charge is 0.478 e. The van der Waals surface area contributed by atoms with Crippen molar-refractivity contribution < 1.29 is 19.5 Å². The van der Waals surface area contributed by atoms with Crippen molar-refractivity contribution in [3.05, 3.63) is 29.8 Å². The van der Waals surface area contributed by atoms with E-state index in [0.717, 1.165) is 32.1 Å². The number of anilines is 1. The maximum Gasteiger partial charge on any atom is 0.335 e. The first-order chi connectivity index (χ1) is 13.0. The fourth-order valence-electron chi connectivity index (χ4n) is 3.19. The first-order valence-corrected chi connectivity index (χ1v) is 9.72. The number of benzene rings is 1. The predicted octanol–water partition coefficient (Wildman–Crippen LogP) is 3.52. The minimum Gasteiger partial charge on any atom is -0.478 e. The Labute approximate surface area is 159 Å². The number of carbonyl (C=O) groups excluding carboxylic acids is 2. The number of unbranched alkanes of at least 4 members (excludes halogenated alkanes) is 2. The molecule has 1 aromatic carbocycles. The van der Waals surface area contributed by atoms with Gasteiger partial charge >= 0.3 is 12.0 Å². The van der Waals surface area contributed by atoms with Crippen LogP contribution < -0.4 is 16.0 Å². The summed E-state index contributed by atoms with van der Waals surface area (Å²) in [6.45, 7) is 0.608. The molecule has 1 fully saturated rings. The van der Waals surface area contributed by atoms with Gasteiger partial charge < -0.3 is 21.1 Å². The molecule has 0 aromatic heterocycles. The third-order valence-electron chi connectivity index (χ3n) is 4.72. The summed E-state index contributed by atoms with van der Waals surface area (Å²) < 4.78 is 0. The first kappa shape index (κ1) is 20.7. The highest BCUT2D eigenvalue weighted by Crippen LogP contribution is 2.17. The Morgan fingerprint density at radius 1 is 0.963 bits per heavy atom. The Balaban J connectivity index is 1.51. The van der Waals surface area contributed by atoms with Crippen molar-refractivity contribution in [2.75, 3.05) is 11.9 Å². The molecule has 4 N–H and O–H groups in total. The summed E-state index contributed by atoms with van der Waals surface area (Å²) in [5, 5.41) is 17.5. The lowest BCUT2D eigenvalue weighted by Gasteiger charge is -2.22. The minimum atomic E-state index is -0.992. The molecule has 27 heavy (non-hydrogen) atoms. The van der Waals surface area contributed by atoms with Crippen molar-refractivity contribution in [2.45, 2.75) is 63.8 Å². The minimum absolute atomic E-state index is 0.0931. The van der Waals surface area contributed by atoms with Gasteiger partial charge in [-0.1, -0.05) is 25.7 Å². The van der Waals surface area contributed by atoms with E-state index in [1.54, 1.807) is 12.1 Å². The molecule has 148 valence electrons. The van der Waals surface area contributed by atoms with Crippen LogP contribution >= 0.6 is 0 Å². The highest BCUT2D eigenvalue weighted by molar-refractivity contribution is 5.92. The van der Waals surface area contributed by atoms with E-state index < -0.39 is 5.97 Å². The van der Waals surface area contributed by atoms with Gasteiger partial charge in [0.2, 0.25) is 5.91 Å². The fraction of sp³-hybridized carbons (Fsp3) is 0.550. The molecule has 2 rings (SSSR count). The number of nitrogens with one attached hydrogen (secondary N) is 3. The molecule has 0 bridgehead atoms. The highest BCUT2D eigenvalue weighted by atomic mass is 16.4. The number of carbonyl (C=O) groups is 3. The van der Waals surface area contributed by atoms with Gasteiger partial charge in [-0.25, -0.2) is 9.59 Å². The molecule has 1 aromatic rings. The van der Waals surface area contributed by atoms with Crippen molar-refractivity contribution in [2.24, 2.45) is 0 Å². The molecule has 0 unspecified atom stereocenters. The van der Waals surface area contributed by atoms with Crippen LogP contribution in [0.25, 0.3) is 0 Å². The smallest absolute Gasteiger partial charge is 0.335 e. The number of urea groups is 1. The van der Waals surface area contributed by atoms with Crippen LogP contribution in [-0.2, 0) is 4.79 Å². The van der Waals surface area contributed by atoms with Gasteiger partial charge in [0.15, 0.2) is 0 Å². The zero-order valence-corrected chi connectivity index (χ0v) is 15.6. The Bertz CT molecular complexity index is 625. The summed E-state index contributed by atoms with van der Waals surface area (Å²) in [4.78, 5) is 34.5. The van der Waals surface area contributed by atoms with Crippen molar-refractivity contribution in [3.8, 4) is 0 Å². The second-order valence-electron chi connectivity index (χ2n) is 6.98. The number of aromatic carboxylic acids is 1. The lowest BCUT2D eigenvalue weighted by atomic mass is 9.96. The van der Waals surface area contributed by atoms with Crippen molar-refractivity contribution in [3.63, 3.8) is 0 Å². The average molecular weight is 375 g/mol. The third kappa shape index (κ3) is 8.11. The van der Waals surface area contributed by atoms with E-state index in [1.807, 2.05) is 0 Å². The van der Waals surface area contributed by atoms with Crippen LogP contribution in [0.4, 0.5) is 10.5 Å². The van der Waals surface area contributed by atoms with E-state index in [1.165, 1.54) is 31.4 Å². The Morgan fingerprint density at radius 3 is 2.33 bits per heavy atom. The molecule has 0 spiro atoms. The van der Waals surface area contributed by atoms with Gasteiger partial charge in [-0.3, -0.25) is 4.79 Å². The van der Waals surface area contributed by atoms with Crippen molar-refractivity contribution in [1.29, 1.82) is 0 Å². The SMILES string of the molecule is O=C(CCCCCNC(=O)NC1CCCCC1)Nc1ccc(C(=O)O)cc1. The molecular weight excluding hydrogens is 346 g/mol. The molecule has 0 atom stereocenters. The first-order valence-electron chi connectivity index (χ1n) is 9.72. The van der Waals surface area contributed by atoms with Crippen molar-refractivity contribution >= 4 is 23.6 Å². The zero-order valence-electron chi connectivity index (χ0n) is 15.6. The molecule has 1 saturated carbocycles. The van der Waals surface area contributed by atoms with E-state index in [0.29, 0.717) is 24.7 Å². The monoisotopic (exact) mass is 375 g/mol. The summed E-state index contributed by atoms with van der Waals surface area (Å²) in [5.41, 5.74) is 0.777. The summed E-state index contributed by atoms with van der Waals surface area (Å²) >= 11 is 0. The number of carboxylic acids is 1. The average Bonchev–Trinajstić information content (AvgIpc) is 2.65. The van der Waals surface area contributed by atoms with Crippen LogP contribution in [0, 0.1) is 0 Å². The van der Waals surface area contributed by atoms with Gasteiger partial charge in [0.05, 0.1) is 5.56 Å². The topological polar surface area (TPSA) is 108 Å². The van der Waals surface area contributed by atoms with Crippen LogP contribution in [0.3, 0.4) is 0 Å². The standard InChI is InChI=1S/C20H29N3O4/c24-18(22-17-12-10-15(11-13-17)19(25)26)9-5-2-6-14-21-20(27)23-16-7-3-1-4-8-16/h10-13,16H,1-9,14H2,(H,22,24)(H,25,26)(H2,21,23,27). The molecule has 3 amide bonds. The third-order valence-corrected chi connectivity index (χ3v) is 4.72. The summed E-state index contributed by atoms with van der Waals surface area (Å²) in [6.07, 6.45) is 8.62. The normalized spacial score (nSPS) is 14.4. The van der Waals surface area contributed by atoms with Crippen LogP contribution in [0.2, 0.25) is 0 Å². The lowest BCUT2D eigenvalue weighted by Crippen LogP contribution is -2.43. The van der Waals surface area contributed by atoms with Crippen LogP contribution in [0.5, 0.6) is 0 Å². The quantitative estimate of drug-likeness (QED) is 0.495. The molecule has 7 nitrogen and oxygen atoms in total. The summed E-state index contributed by atoms with van der Waals surface area (Å²) in [6, 6.07) is 6.30. The van der Waals surface area contributed by atoms with E-state index in [4.69, 9.17) is 5.11 Å². The molecule has 1 aliphatic carbocycles.